The summed E-state index contributed by atoms with van der Waals surface area (Å²) in [7, 11) is 0. The summed E-state index contributed by atoms with van der Waals surface area (Å²) in [5.41, 5.74) is 2.90. The lowest BCUT2D eigenvalue weighted by atomic mass is 9.89. The fourth-order valence-corrected chi connectivity index (χ4v) is 2.65. The number of nitrogens with zero attached hydrogens (tertiary/aromatic N) is 1. The molecule has 0 aliphatic rings. The summed E-state index contributed by atoms with van der Waals surface area (Å²) >= 11 is 0. The van der Waals surface area contributed by atoms with Gasteiger partial charge in [-0.2, -0.15) is 0 Å². The van der Waals surface area contributed by atoms with Crippen molar-refractivity contribution in [3.63, 3.8) is 0 Å². The Hall–Kier alpha value is -1.84. The standard InChI is InChI=1S/C18H28N2O2/c1-8-20(9-2)17(22)18(6,7)16(21)19-15-13(4)10-12(3)11-14(15)5/h10-11H,8-9H2,1-7H3,(H,19,21). The van der Waals surface area contributed by atoms with E-state index in [1.807, 2.05) is 46.8 Å². The molecule has 0 spiro atoms. The van der Waals surface area contributed by atoms with Crippen LogP contribution >= 0.6 is 0 Å². The fraction of sp³-hybridized carbons (Fsp3) is 0.556. The molecular formula is C18H28N2O2. The van der Waals surface area contributed by atoms with Gasteiger partial charge in [0.15, 0.2) is 0 Å². The molecule has 22 heavy (non-hydrogen) atoms. The average Bonchev–Trinajstić information content (AvgIpc) is 2.43. The molecule has 0 atom stereocenters. The van der Waals surface area contributed by atoms with Crippen LogP contribution < -0.4 is 5.32 Å². The number of aryl methyl sites for hydroxylation is 3. The molecule has 4 nitrogen and oxygen atoms in total. The first-order valence-electron chi connectivity index (χ1n) is 7.83. The maximum atomic E-state index is 12.6. The smallest absolute Gasteiger partial charge is 0.239 e. The summed E-state index contributed by atoms with van der Waals surface area (Å²) in [5.74, 6) is -0.406. The molecular weight excluding hydrogens is 276 g/mol. The van der Waals surface area contributed by atoms with E-state index in [4.69, 9.17) is 0 Å². The normalized spacial score (nSPS) is 11.2. The molecule has 1 N–H and O–H groups in total. The molecule has 0 aliphatic heterocycles. The third kappa shape index (κ3) is 3.67. The van der Waals surface area contributed by atoms with Crippen LogP contribution in [0.5, 0.6) is 0 Å². The van der Waals surface area contributed by atoms with Crippen molar-refractivity contribution in [2.75, 3.05) is 18.4 Å². The largest absolute Gasteiger partial charge is 0.342 e. The van der Waals surface area contributed by atoms with Crippen molar-refractivity contribution in [3.05, 3.63) is 28.8 Å². The molecule has 122 valence electrons. The summed E-state index contributed by atoms with van der Waals surface area (Å²) in [6.07, 6.45) is 0. The Morgan fingerprint density at radius 3 is 1.91 bits per heavy atom. The number of carbonyl (C=O) groups excluding carboxylic acids is 2. The third-order valence-corrected chi connectivity index (χ3v) is 4.07. The second-order valence-electron chi connectivity index (χ2n) is 6.33. The van der Waals surface area contributed by atoms with Crippen LogP contribution in [0.1, 0.15) is 44.4 Å². The Kier molecular flexibility index (Phi) is 5.75. The third-order valence-electron chi connectivity index (χ3n) is 4.07. The van der Waals surface area contributed by atoms with E-state index >= 15 is 0 Å². The molecule has 0 aliphatic carbocycles. The number of benzene rings is 1. The highest BCUT2D eigenvalue weighted by atomic mass is 16.2. The molecule has 0 saturated heterocycles. The number of amides is 2. The molecule has 4 heteroatoms. The molecule has 1 aromatic rings. The van der Waals surface area contributed by atoms with E-state index in [1.165, 1.54) is 0 Å². The highest BCUT2D eigenvalue weighted by Crippen LogP contribution is 2.26. The lowest BCUT2D eigenvalue weighted by Crippen LogP contribution is -2.47. The van der Waals surface area contributed by atoms with Crippen LogP contribution in [-0.4, -0.2) is 29.8 Å². The van der Waals surface area contributed by atoms with Gasteiger partial charge in [-0.15, -0.1) is 0 Å². The Labute approximate surface area is 133 Å². The van der Waals surface area contributed by atoms with Gasteiger partial charge in [0, 0.05) is 18.8 Å². The van der Waals surface area contributed by atoms with Crippen LogP contribution in [0.25, 0.3) is 0 Å². The molecule has 0 unspecified atom stereocenters. The Balaban J connectivity index is 3.04. The van der Waals surface area contributed by atoms with Crippen LogP contribution in [0.4, 0.5) is 5.69 Å². The number of carbonyl (C=O) groups is 2. The van der Waals surface area contributed by atoms with Gasteiger partial charge in [-0.1, -0.05) is 17.7 Å². The molecule has 0 bridgehead atoms. The van der Waals surface area contributed by atoms with Gasteiger partial charge in [-0.3, -0.25) is 9.59 Å². The first kappa shape index (κ1) is 18.2. The van der Waals surface area contributed by atoms with E-state index in [0.717, 1.165) is 22.4 Å². The molecule has 0 heterocycles. The van der Waals surface area contributed by atoms with E-state index in [2.05, 4.69) is 5.32 Å². The molecule has 0 fully saturated rings. The number of anilines is 1. The Bertz CT molecular complexity index is 549. The molecule has 2 amide bonds. The number of rotatable bonds is 5. The van der Waals surface area contributed by atoms with Gasteiger partial charge in [0.2, 0.25) is 11.8 Å². The second-order valence-corrected chi connectivity index (χ2v) is 6.33. The van der Waals surface area contributed by atoms with Crippen molar-refractivity contribution < 1.29 is 9.59 Å². The van der Waals surface area contributed by atoms with Gasteiger partial charge in [-0.25, -0.2) is 0 Å². The van der Waals surface area contributed by atoms with Crippen molar-refractivity contribution in [3.8, 4) is 0 Å². The predicted octanol–water partition coefficient (Wildman–Crippen LogP) is 3.44. The van der Waals surface area contributed by atoms with E-state index in [9.17, 15) is 9.59 Å². The van der Waals surface area contributed by atoms with Gasteiger partial charge in [0.05, 0.1) is 0 Å². The first-order valence-corrected chi connectivity index (χ1v) is 7.83. The molecule has 1 aromatic carbocycles. The van der Waals surface area contributed by atoms with Gasteiger partial charge in [0.25, 0.3) is 0 Å². The molecule has 0 aromatic heterocycles. The summed E-state index contributed by atoms with van der Waals surface area (Å²) in [5, 5.41) is 2.94. The van der Waals surface area contributed by atoms with Gasteiger partial charge >= 0.3 is 0 Å². The molecule has 0 saturated carbocycles. The van der Waals surface area contributed by atoms with Crippen LogP contribution in [0, 0.1) is 26.2 Å². The van der Waals surface area contributed by atoms with E-state index in [0.29, 0.717) is 13.1 Å². The van der Waals surface area contributed by atoms with Crippen LogP contribution in [0.2, 0.25) is 0 Å². The zero-order valence-corrected chi connectivity index (χ0v) is 14.8. The SMILES string of the molecule is CCN(CC)C(=O)C(C)(C)C(=O)Nc1c(C)cc(C)cc1C. The second kappa shape index (κ2) is 6.95. The lowest BCUT2D eigenvalue weighted by molar-refractivity contribution is -0.146. The van der Waals surface area contributed by atoms with Crippen molar-refractivity contribution in [1.29, 1.82) is 0 Å². The minimum Gasteiger partial charge on any atom is -0.342 e. The van der Waals surface area contributed by atoms with Crippen LogP contribution in [0.15, 0.2) is 12.1 Å². The Morgan fingerprint density at radius 2 is 1.50 bits per heavy atom. The Morgan fingerprint density at radius 1 is 1.05 bits per heavy atom. The van der Waals surface area contributed by atoms with Crippen molar-refractivity contribution in [2.45, 2.75) is 48.5 Å². The van der Waals surface area contributed by atoms with E-state index in [1.54, 1.807) is 18.7 Å². The predicted molar refractivity (Wildman–Crippen MR) is 91.0 cm³/mol. The topological polar surface area (TPSA) is 49.4 Å². The highest BCUT2D eigenvalue weighted by Gasteiger charge is 2.38. The van der Waals surface area contributed by atoms with E-state index < -0.39 is 5.41 Å². The van der Waals surface area contributed by atoms with Crippen molar-refractivity contribution >= 4 is 17.5 Å². The number of hydrogen-bond acceptors (Lipinski definition) is 2. The fourth-order valence-electron chi connectivity index (χ4n) is 2.65. The molecule has 1 rings (SSSR count). The van der Waals surface area contributed by atoms with Gasteiger partial charge < -0.3 is 10.2 Å². The quantitative estimate of drug-likeness (QED) is 0.847. The minimum atomic E-state index is -1.09. The van der Waals surface area contributed by atoms with Crippen molar-refractivity contribution in [1.82, 2.24) is 4.90 Å². The molecule has 0 radical (unpaired) electrons. The summed E-state index contributed by atoms with van der Waals surface area (Å²) < 4.78 is 0. The van der Waals surface area contributed by atoms with Crippen LogP contribution in [-0.2, 0) is 9.59 Å². The maximum absolute atomic E-state index is 12.6. The number of nitrogens with one attached hydrogen (secondary N) is 1. The summed E-state index contributed by atoms with van der Waals surface area (Å²) in [6.45, 7) is 14.4. The zero-order valence-electron chi connectivity index (χ0n) is 14.8. The van der Waals surface area contributed by atoms with Gasteiger partial charge in [-0.05, 0) is 59.6 Å². The summed E-state index contributed by atoms with van der Waals surface area (Å²) in [6, 6.07) is 4.06. The number of hydrogen-bond donors (Lipinski definition) is 1. The average molecular weight is 304 g/mol. The van der Waals surface area contributed by atoms with Gasteiger partial charge in [0.1, 0.15) is 5.41 Å². The minimum absolute atomic E-state index is 0.141. The van der Waals surface area contributed by atoms with E-state index in [-0.39, 0.29) is 11.8 Å². The van der Waals surface area contributed by atoms with Crippen LogP contribution in [0.3, 0.4) is 0 Å². The zero-order chi connectivity index (χ0) is 17.1. The first-order chi connectivity index (χ1) is 10.1. The summed E-state index contributed by atoms with van der Waals surface area (Å²) in [4.78, 5) is 26.9. The highest BCUT2D eigenvalue weighted by molar-refractivity contribution is 6.10. The van der Waals surface area contributed by atoms with Crippen molar-refractivity contribution in [2.24, 2.45) is 5.41 Å². The maximum Gasteiger partial charge on any atom is 0.239 e. The monoisotopic (exact) mass is 304 g/mol. The lowest BCUT2D eigenvalue weighted by Gasteiger charge is -2.30.